The van der Waals surface area contributed by atoms with Crippen LogP contribution in [0.15, 0.2) is 48.5 Å². The Morgan fingerprint density at radius 3 is 2.45 bits per heavy atom. The second kappa shape index (κ2) is 10.0. The van der Waals surface area contributed by atoms with Crippen LogP contribution in [0.5, 0.6) is 5.75 Å². The first-order valence-corrected chi connectivity index (χ1v) is 9.72. The molecule has 1 saturated heterocycles. The molecule has 7 heteroatoms. The average Bonchev–Trinajstić information content (AvgIpc) is 2.74. The molecule has 0 radical (unpaired) electrons. The molecule has 0 aromatic heterocycles. The molecule has 0 spiro atoms. The van der Waals surface area contributed by atoms with Gasteiger partial charge in [-0.15, -0.1) is 0 Å². The summed E-state index contributed by atoms with van der Waals surface area (Å²) in [5.74, 6) is -0.158. The smallest absolute Gasteiger partial charge is 0.254 e. The molecule has 2 aromatic carbocycles. The maximum Gasteiger partial charge on any atom is 0.254 e. The van der Waals surface area contributed by atoms with Crippen LogP contribution < -0.4 is 15.4 Å². The lowest BCUT2D eigenvalue weighted by molar-refractivity contribution is -0.122. The van der Waals surface area contributed by atoms with E-state index in [0.717, 1.165) is 24.2 Å². The first-order valence-electron chi connectivity index (χ1n) is 9.72. The Morgan fingerprint density at radius 2 is 1.79 bits per heavy atom. The molecule has 2 amide bonds. The summed E-state index contributed by atoms with van der Waals surface area (Å²) in [6.07, 6.45) is 1.46. The van der Waals surface area contributed by atoms with E-state index in [1.807, 2.05) is 24.3 Å². The minimum atomic E-state index is -0.518. The van der Waals surface area contributed by atoms with Crippen LogP contribution in [0.25, 0.3) is 0 Å². The van der Waals surface area contributed by atoms with Crippen molar-refractivity contribution in [2.45, 2.75) is 25.4 Å². The van der Waals surface area contributed by atoms with E-state index in [1.54, 1.807) is 19.2 Å². The normalized spacial score (nSPS) is 15.0. The van der Waals surface area contributed by atoms with E-state index in [0.29, 0.717) is 26.2 Å². The number of amides is 2. The number of benzene rings is 2. The van der Waals surface area contributed by atoms with Crippen LogP contribution in [-0.4, -0.2) is 49.5 Å². The predicted molar refractivity (Wildman–Crippen MR) is 108 cm³/mol. The first-order chi connectivity index (χ1) is 14.0. The van der Waals surface area contributed by atoms with Gasteiger partial charge >= 0.3 is 0 Å². The number of carbonyl (C=O) groups is 2. The van der Waals surface area contributed by atoms with E-state index < -0.39 is 11.7 Å². The monoisotopic (exact) mass is 399 g/mol. The second-order valence-electron chi connectivity index (χ2n) is 7.13. The zero-order valence-corrected chi connectivity index (χ0v) is 16.5. The Labute approximate surface area is 170 Å². The third-order valence-corrected chi connectivity index (χ3v) is 5.06. The molecule has 0 atom stereocenters. The molecule has 0 unspecified atom stereocenters. The van der Waals surface area contributed by atoms with Crippen molar-refractivity contribution < 1.29 is 18.7 Å². The zero-order valence-electron chi connectivity index (χ0n) is 16.5. The number of ether oxygens (including phenoxy) is 1. The molecular weight excluding hydrogens is 373 g/mol. The first kappa shape index (κ1) is 20.8. The van der Waals surface area contributed by atoms with Crippen molar-refractivity contribution in [3.8, 4) is 5.75 Å². The topological polar surface area (TPSA) is 70.7 Å². The highest BCUT2D eigenvalue weighted by Gasteiger charge is 2.23. The summed E-state index contributed by atoms with van der Waals surface area (Å²) in [5, 5.41) is 5.81. The molecule has 2 aromatic rings. The number of likely N-dealkylation sites (tertiary alicyclic amines) is 1. The van der Waals surface area contributed by atoms with Gasteiger partial charge < -0.3 is 15.4 Å². The summed E-state index contributed by atoms with van der Waals surface area (Å²) in [6.45, 7) is 2.21. The lowest BCUT2D eigenvalue weighted by Crippen LogP contribution is -2.47. The van der Waals surface area contributed by atoms with Crippen molar-refractivity contribution >= 4 is 11.8 Å². The SMILES string of the molecule is COc1ccc(CNC(=O)CN2CCC(NC(=O)c3ccccc3F)CC2)cc1. The van der Waals surface area contributed by atoms with E-state index in [4.69, 9.17) is 4.74 Å². The van der Waals surface area contributed by atoms with Gasteiger partial charge in [0.1, 0.15) is 11.6 Å². The molecule has 2 N–H and O–H groups in total. The van der Waals surface area contributed by atoms with Crippen molar-refractivity contribution in [3.63, 3.8) is 0 Å². The molecule has 3 rings (SSSR count). The molecule has 6 nitrogen and oxygen atoms in total. The van der Waals surface area contributed by atoms with Gasteiger partial charge in [0.2, 0.25) is 5.91 Å². The molecule has 154 valence electrons. The quantitative estimate of drug-likeness (QED) is 0.750. The number of piperidine rings is 1. The van der Waals surface area contributed by atoms with E-state index in [9.17, 15) is 14.0 Å². The van der Waals surface area contributed by atoms with Gasteiger partial charge in [0.25, 0.3) is 5.91 Å². The molecule has 1 fully saturated rings. The lowest BCUT2D eigenvalue weighted by atomic mass is 10.0. The van der Waals surface area contributed by atoms with Crippen LogP contribution in [-0.2, 0) is 11.3 Å². The Kier molecular flexibility index (Phi) is 7.19. The van der Waals surface area contributed by atoms with Crippen LogP contribution in [0.1, 0.15) is 28.8 Å². The molecule has 1 aliphatic rings. The van der Waals surface area contributed by atoms with Gasteiger partial charge in [-0.25, -0.2) is 4.39 Å². The van der Waals surface area contributed by atoms with Crippen molar-refractivity contribution in [2.24, 2.45) is 0 Å². The number of hydrogen-bond donors (Lipinski definition) is 2. The molecule has 29 heavy (non-hydrogen) atoms. The summed E-state index contributed by atoms with van der Waals surface area (Å²) in [5.41, 5.74) is 1.07. The Hall–Kier alpha value is -2.93. The highest BCUT2D eigenvalue weighted by Crippen LogP contribution is 2.13. The van der Waals surface area contributed by atoms with Crippen LogP contribution in [0.4, 0.5) is 4.39 Å². The van der Waals surface area contributed by atoms with E-state index in [1.165, 1.54) is 12.1 Å². The Balaban J connectivity index is 1.38. The van der Waals surface area contributed by atoms with Crippen molar-refractivity contribution in [1.29, 1.82) is 0 Å². The minimum Gasteiger partial charge on any atom is -0.497 e. The van der Waals surface area contributed by atoms with Crippen LogP contribution in [0, 0.1) is 5.82 Å². The third kappa shape index (κ3) is 6.02. The number of methoxy groups -OCH3 is 1. The molecule has 0 saturated carbocycles. The number of halogens is 1. The molecule has 1 aliphatic heterocycles. The number of nitrogens with one attached hydrogen (secondary N) is 2. The fourth-order valence-electron chi connectivity index (χ4n) is 3.35. The van der Waals surface area contributed by atoms with Gasteiger partial charge in [-0.3, -0.25) is 14.5 Å². The second-order valence-corrected chi connectivity index (χ2v) is 7.13. The number of carbonyl (C=O) groups excluding carboxylic acids is 2. The van der Waals surface area contributed by atoms with Crippen LogP contribution in [0.2, 0.25) is 0 Å². The van der Waals surface area contributed by atoms with E-state index >= 15 is 0 Å². The maximum atomic E-state index is 13.7. The fraction of sp³-hybridized carbons (Fsp3) is 0.364. The summed E-state index contributed by atoms with van der Waals surface area (Å²) in [6, 6.07) is 13.5. The highest BCUT2D eigenvalue weighted by molar-refractivity contribution is 5.94. The molecule has 1 heterocycles. The largest absolute Gasteiger partial charge is 0.497 e. The van der Waals surface area contributed by atoms with Gasteiger partial charge in [0, 0.05) is 25.7 Å². The van der Waals surface area contributed by atoms with Gasteiger partial charge in [-0.2, -0.15) is 0 Å². The van der Waals surface area contributed by atoms with Gasteiger partial charge in [0.15, 0.2) is 0 Å². The number of nitrogens with zero attached hydrogens (tertiary/aromatic N) is 1. The van der Waals surface area contributed by atoms with Gasteiger partial charge in [-0.1, -0.05) is 24.3 Å². The van der Waals surface area contributed by atoms with Crippen molar-refractivity contribution in [1.82, 2.24) is 15.5 Å². The van der Waals surface area contributed by atoms with Gasteiger partial charge in [0.05, 0.1) is 19.2 Å². The highest BCUT2D eigenvalue weighted by atomic mass is 19.1. The number of hydrogen-bond acceptors (Lipinski definition) is 4. The summed E-state index contributed by atoms with van der Waals surface area (Å²) in [7, 11) is 1.62. The fourth-order valence-corrected chi connectivity index (χ4v) is 3.35. The van der Waals surface area contributed by atoms with Gasteiger partial charge in [-0.05, 0) is 42.7 Å². The van der Waals surface area contributed by atoms with Crippen LogP contribution in [0.3, 0.4) is 0 Å². The Morgan fingerprint density at radius 1 is 1.10 bits per heavy atom. The summed E-state index contributed by atoms with van der Waals surface area (Å²) >= 11 is 0. The molecule has 0 aliphatic carbocycles. The standard InChI is InChI=1S/C22H26FN3O3/c1-29-18-8-6-16(7-9-18)14-24-21(27)15-26-12-10-17(11-13-26)25-22(28)19-4-2-3-5-20(19)23/h2-9,17H,10-15H2,1H3,(H,24,27)(H,25,28). The minimum absolute atomic E-state index is 0.0132. The number of rotatable bonds is 7. The summed E-state index contributed by atoms with van der Waals surface area (Å²) < 4.78 is 18.8. The molecular formula is C22H26FN3O3. The predicted octanol–water partition coefficient (Wildman–Crippen LogP) is 2.34. The summed E-state index contributed by atoms with van der Waals surface area (Å²) in [4.78, 5) is 26.5. The third-order valence-electron chi connectivity index (χ3n) is 5.06. The van der Waals surface area contributed by atoms with Crippen molar-refractivity contribution in [3.05, 3.63) is 65.5 Å². The van der Waals surface area contributed by atoms with E-state index in [2.05, 4.69) is 15.5 Å². The maximum absolute atomic E-state index is 13.7. The molecule has 0 bridgehead atoms. The average molecular weight is 399 g/mol. The lowest BCUT2D eigenvalue weighted by Gasteiger charge is -2.31. The van der Waals surface area contributed by atoms with E-state index in [-0.39, 0.29) is 17.5 Å². The van der Waals surface area contributed by atoms with Crippen molar-refractivity contribution in [2.75, 3.05) is 26.7 Å². The van der Waals surface area contributed by atoms with Crippen LogP contribution >= 0.6 is 0 Å². The zero-order chi connectivity index (χ0) is 20.6. The Bertz CT molecular complexity index is 833.